The van der Waals surface area contributed by atoms with E-state index in [9.17, 15) is 4.79 Å². The highest BCUT2D eigenvalue weighted by Gasteiger charge is 2.18. The number of nitrogens with one attached hydrogen (secondary N) is 1. The molecule has 134 valence electrons. The fourth-order valence-corrected chi connectivity index (χ4v) is 2.77. The fraction of sp³-hybridized carbons (Fsp3) is 0.200. The van der Waals surface area contributed by atoms with Crippen LogP contribution < -0.4 is 14.8 Å². The van der Waals surface area contributed by atoms with E-state index in [0.717, 1.165) is 11.3 Å². The van der Waals surface area contributed by atoms with Crippen molar-refractivity contribution in [3.63, 3.8) is 0 Å². The molecule has 6 nitrogen and oxygen atoms in total. The Morgan fingerprint density at radius 1 is 1.08 bits per heavy atom. The number of aryl methyl sites for hydroxylation is 1. The Morgan fingerprint density at radius 2 is 1.85 bits per heavy atom. The van der Waals surface area contributed by atoms with Crippen molar-refractivity contribution in [2.75, 3.05) is 19.5 Å². The molecule has 6 heteroatoms. The molecule has 26 heavy (non-hydrogen) atoms. The van der Waals surface area contributed by atoms with Gasteiger partial charge in [0.15, 0.2) is 11.5 Å². The number of benzene rings is 2. The first-order valence-electron chi connectivity index (χ1n) is 8.23. The van der Waals surface area contributed by atoms with Crippen LogP contribution in [-0.2, 0) is 6.54 Å². The lowest BCUT2D eigenvalue weighted by molar-refractivity contribution is 0.102. The predicted molar refractivity (Wildman–Crippen MR) is 100 cm³/mol. The predicted octanol–water partition coefficient (Wildman–Crippen LogP) is 3.51. The number of hydrogen-bond donors (Lipinski definition) is 1. The van der Waals surface area contributed by atoms with Crippen LogP contribution in [0.4, 0.5) is 5.82 Å². The Balaban J connectivity index is 1.87. The van der Waals surface area contributed by atoms with E-state index in [2.05, 4.69) is 10.4 Å². The van der Waals surface area contributed by atoms with Gasteiger partial charge in [-0.1, -0.05) is 36.4 Å². The van der Waals surface area contributed by atoms with Gasteiger partial charge in [0.1, 0.15) is 5.82 Å². The Labute approximate surface area is 152 Å². The summed E-state index contributed by atoms with van der Waals surface area (Å²) in [5, 5.41) is 7.39. The Kier molecular flexibility index (Phi) is 5.22. The molecule has 0 saturated carbocycles. The van der Waals surface area contributed by atoms with Gasteiger partial charge in [-0.25, -0.2) is 4.68 Å². The molecule has 0 fully saturated rings. The van der Waals surface area contributed by atoms with E-state index >= 15 is 0 Å². The lowest BCUT2D eigenvalue weighted by Gasteiger charge is -2.13. The molecule has 3 rings (SSSR count). The minimum atomic E-state index is -0.282. The maximum Gasteiger partial charge on any atom is 0.260 e. The van der Waals surface area contributed by atoms with Crippen molar-refractivity contribution in [3.8, 4) is 11.5 Å². The Hall–Kier alpha value is -3.28. The van der Waals surface area contributed by atoms with Crippen molar-refractivity contribution in [2.45, 2.75) is 13.5 Å². The maximum atomic E-state index is 12.8. The number of carbonyl (C=O) groups excluding carboxylic acids is 1. The van der Waals surface area contributed by atoms with Crippen LogP contribution in [0.5, 0.6) is 11.5 Å². The summed E-state index contributed by atoms with van der Waals surface area (Å²) < 4.78 is 12.4. The van der Waals surface area contributed by atoms with E-state index in [1.807, 2.05) is 43.3 Å². The highest BCUT2D eigenvalue weighted by Crippen LogP contribution is 2.31. The first kappa shape index (κ1) is 17.5. The van der Waals surface area contributed by atoms with Crippen molar-refractivity contribution in [3.05, 3.63) is 71.4 Å². The Bertz CT molecular complexity index is 904. The van der Waals surface area contributed by atoms with Gasteiger partial charge in [-0.2, -0.15) is 5.10 Å². The molecule has 0 aliphatic heterocycles. The van der Waals surface area contributed by atoms with Crippen molar-refractivity contribution in [1.82, 2.24) is 9.78 Å². The summed E-state index contributed by atoms with van der Waals surface area (Å²) in [6.45, 7) is 2.46. The van der Waals surface area contributed by atoms with Crippen LogP contribution in [0.25, 0.3) is 0 Å². The third-order valence-electron chi connectivity index (χ3n) is 3.97. The van der Waals surface area contributed by atoms with E-state index in [1.165, 1.54) is 14.2 Å². The number of ether oxygens (including phenoxy) is 2. The number of hydrogen-bond acceptors (Lipinski definition) is 4. The van der Waals surface area contributed by atoms with Gasteiger partial charge in [-0.15, -0.1) is 0 Å². The summed E-state index contributed by atoms with van der Waals surface area (Å²) in [5.41, 5.74) is 2.33. The number of amides is 1. The third-order valence-corrected chi connectivity index (χ3v) is 3.97. The second-order valence-corrected chi connectivity index (χ2v) is 5.81. The smallest absolute Gasteiger partial charge is 0.260 e. The van der Waals surface area contributed by atoms with Gasteiger partial charge in [-0.05, 0) is 24.6 Å². The van der Waals surface area contributed by atoms with Crippen LogP contribution >= 0.6 is 0 Å². The first-order chi connectivity index (χ1) is 12.6. The average Bonchev–Trinajstić information content (AvgIpc) is 3.00. The summed E-state index contributed by atoms with van der Waals surface area (Å²) in [6.07, 6.45) is 0. The van der Waals surface area contributed by atoms with Crippen LogP contribution in [0.3, 0.4) is 0 Å². The molecule has 0 aliphatic rings. The van der Waals surface area contributed by atoms with Crippen LogP contribution in [-0.4, -0.2) is 29.9 Å². The molecular formula is C20H21N3O3. The lowest BCUT2D eigenvalue weighted by atomic mass is 10.1. The van der Waals surface area contributed by atoms with Crippen molar-refractivity contribution >= 4 is 11.7 Å². The fourth-order valence-electron chi connectivity index (χ4n) is 2.77. The molecule has 0 unspecified atom stereocenters. The van der Waals surface area contributed by atoms with Crippen molar-refractivity contribution in [1.29, 1.82) is 0 Å². The van der Waals surface area contributed by atoms with Crippen molar-refractivity contribution in [2.24, 2.45) is 0 Å². The first-order valence-corrected chi connectivity index (χ1v) is 8.23. The highest BCUT2D eigenvalue weighted by atomic mass is 16.5. The summed E-state index contributed by atoms with van der Waals surface area (Å²) in [6, 6.07) is 17.0. The molecular weight excluding hydrogens is 330 g/mol. The minimum absolute atomic E-state index is 0.282. The van der Waals surface area contributed by atoms with E-state index in [1.54, 1.807) is 22.9 Å². The van der Waals surface area contributed by atoms with Gasteiger partial charge in [-0.3, -0.25) is 4.79 Å². The number of methoxy groups -OCH3 is 2. The quantitative estimate of drug-likeness (QED) is 0.738. The molecule has 1 amide bonds. The molecule has 0 bridgehead atoms. The maximum absolute atomic E-state index is 12.8. The highest BCUT2D eigenvalue weighted by molar-refractivity contribution is 6.06. The topological polar surface area (TPSA) is 65.4 Å². The number of anilines is 1. The molecule has 2 aromatic carbocycles. The number of aromatic nitrogens is 2. The zero-order chi connectivity index (χ0) is 18.5. The molecule has 1 aromatic heterocycles. The number of rotatable bonds is 6. The van der Waals surface area contributed by atoms with E-state index in [-0.39, 0.29) is 5.91 Å². The number of nitrogens with zero attached hydrogens (tertiary/aromatic N) is 2. The monoisotopic (exact) mass is 351 g/mol. The molecule has 0 aliphatic carbocycles. The van der Waals surface area contributed by atoms with Gasteiger partial charge < -0.3 is 14.8 Å². The average molecular weight is 351 g/mol. The van der Waals surface area contributed by atoms with Gasteiger partial charge in [0, 0.05) is 6.07 Å². The van der Waals surface area contributed by atoms with Gasteiger partial charge in [0.25, 0.3) is 5.91 Å². The van der Waals surface area contributed by atoms with Gasteiger partial charge in [0.2, 0.25) is 0 Å². The zero-order valence-electron chi connectivity index (χ0n) is 15.0. The summed E-state index contributed by atoms with van der Waals surface area (Å²) in [5.74, 6) is 1.25. The number of carbonyl (C=O) groups is 1. The second kappa shape index (κ2) is 7.74. The minimum Gasteiger partial charge on any atom is -0.493 e. The van der Waals surface area contributed by atoms with Crippen molar-refractivity contribution < 1.29 is 14.3 Å². The molecule has 1 heterocycles. The Morgan fingerprint density at radius 3 is 2.54 bits per heavy atom. The molecule has 3 aromatic rings. The summed E-state index contributed by atoms with van der Waals surface area (Å²) in [4.78, 5) is 12.8. The second-order valence-electron chi connectivity index (χ2n) is 5.81. The van der Waals surface area contributed by atoms with Gasteiger partial charge >= 0.3 is 0 Å². The lowest BCUT2D eigenvalue weighted by Crippen LogP contribution is -2.17. The van der Waals surface area contributed by atoms with E-state index in [4.69, 9.17) is 9.47 Å². The third kappa shape index (κ3) is 3.69. The largest absolute Gasteiger partial charge is 0.493 e. The summed E-state index contributed by atoms with van der Waals surface area (Å²) in [7, 11) is 3.05. The number of para-hydroxylation sites is 1. The van der Waals surface area contributed by atoms with Gasteiger partial charge in [0.05, 0.1) is 32.0 Å². The van der Waals surface area contributed by atoms with Crippen LogP contribution in [0.1, 0.15) is 21.6 Å². The SMILES string of the molecule is COc1cccc(C(=O)Nc2cc(C)nn2Cc2ccccc2)c1OC. The molecule has 0 spiro atoms. The van der Waals surface area contributed by atoms with Crippen LogP contribution in [0, 0.1) is 6.92 Å². The summed E-state index contributed by atoms with van der Waals surface area (Å²) >= 11 is 0. The molecule has 1 N–H and O–H groups in total. The van der Waals surface area contributed by atoms with E-state index in [0.29, 0.717) is 29.4 Å². The van der Waals surface area contributed by atoms with Crippen LogP contribution in [0.2, 0.25) is 0 Å². The van der Waals surface area contributed by atoms with Crippen LogP contribution in [0.15, 0.2) is 54.6 Å². The zero-order valence-corrected chi connectivity index (χ0v) is 15.0. The molecule has 0 saturated heterocycles. The van der Waals surface area contributed by atoms with E-state index < -0.39 is 0 Å². The normalized spacial score (nSPS) is 10.4. The standard InChI is InChI=1S/C20H21N3O3/c1-14-12-18(23(22-14)13-15-8-5-4-6-9-15)21-20(24)16-10-7-11-17(25-2)19(16)26-3/h4-12H,13H2,1-3H3,(H,21,24). The molecule has 0 atom stereocenters. The molecule has 0 radical (unpaired) electrons.